The predicted octanol–water partition coefficient (Wildman–Crippen LogP) is 9.68. The van der Waals surface area contributed by atoms with Crippen LogP contribution >= 0.6 is 23.5 Å². The first-order chi connectivity index (χ1) is 23.5. The highest BCUT2D eigenvalue weighted by Crippen LogP contribution is 2.58. The second kappa shape index (κ2) is 16.3. The molecule has 0 aromatic heterocycles. The van der Waals surface area contributed by atoms with E-state index in [1.165, 1.54) is 55.5 Å². The summed E-state index contributed by atoms with van der Waals surface area (Å²) in [5.41, 5.74) is 2.56. The van der Waals surface area contributed by atoms with Crippen molar-refractivity contribution >= 4 is 29.3 Å². The highest BCUT2D eigenvalue weighted by molar-refractivity contribution is 8.18. The SMILES string of the molecule is CC(C)Oc1cccc(C(O)C2(c3cc(F)cc(CCc4cc(F)cc(C(=O)C(N=O)c5cccc(OC(C)F)c5)c4)c3)SCCCS2)c1. The number of thioether (sulfide) groups is 2. The van der Waals surface area contributed by atoms with Crippen molar-refractivity contribution in [3.63, 3.8) is 0 Å². The molecule has 6 nitrogen and oxygen atoms in total. The van der Waals surface area contributed by atoms with Crippen molar-refractivity contribution in [1.29, 1.82) is 0 Å². The van der Waals surface area contributed by atoms with Crippen LogP contribution in [0.25, 0.3) is 0 Å². The molecule has 1 aliphatic heterocycles. The van der Waals surface area contributed by atoms with Crippen LogP contribution in [0.4, 0.5) is 13.2 Å². The number of nitroso groups, excluding NO2 is 1. The minimum absolute atomic E-state index is 0.0366. The molecule has 11 heteroatoms. The maximum atomic E-state index is 15.3. The van der Waals surface area contributed by atoms with Gasteiger partial charge in [0, 0.05) is 12.5 Å². The molecule has 5 rings (SSSR count). The third-order valence-electron chi connectivity index (χ3n) is 7.96. The standard InChI is InChI=1S/C38H38F3NO5S2/c1-23(2)46-33-9-5-8-28(21-33)37(44)38(48-13-6-14-49-38)30-16-26(18-32(41)22-30)12-11-25-15-29(19-31(40)17-25)36(43)35(42-45)27-7-4-10-34(20-27)47-24(3)39/h4-5,7-10,15-24,35,37,44H,6,11-14H2,1-3H3. The summed E-state index contributed by atoms with van der Waals surface area (Å²) in [7, 11) is 0. The van der Waals surface area contributed by atoms with E-state index in [1.807, 2.05) is 44.2 Å². The lowest BCUT2D eigenvalue weighted by molar-refractivity contribution is 0.0859. The largest absolute Gasteiger partial charge is 0.491 e. The number of hydrogen-bond acceptors (Lipinski definition) is 8. The van der Waals surface area contributed by atoms with Gasteiger partial charge in [-0.1, -0.05) is 35.5 Å². The lowest BCUT2D eigenvalue weighted by Crippen LogP contribution is -2.31. The van der Waals surface area contributed by atoms with Crippen LogP contribution in [-0.2, 0) is 16.9 Å². The van der Waals surface area contributed by atoms with Crippen LogP contribution in [0.1, 0.15) is 77.5 Å². The van der Waals surface area contributed by atoms with Gasteiger partial charge in [0.15, 0.2) is 11.8 Å². The first-order valence-corrected chi connectivity index (χ1v) is 18.0. The Balaban J connectivity index is 1.39. The van der Waals surface area contributed by atoms with Gasteiger partial charge in [0.05, 0.1) is 6.10 Å². The van der Waals surface area contributed by atoms with E-state index >= 15 is 4.39 Å². The van der Waals surface area contributed by atoms with Crippen molar-refractivity contribution in [3.8, 4) is 11.5 Å². The summed E-state index contributed by atoms with van der Waals surface area (Å²) < 4.78 is 53.5. The number of alkyl halides is 1. The molecule has 49 heavy (non-hydrogen) atoms. The van der Waals surface area contributed by atoms with Gasteiger partial charge in [0.2, 0.25) is 6.36 Å². The molecule has 0 aliphatic carbocycles. The van der Waals surface area contributed by atoms with Crippen LogP contribution in [0, 0.1) is 16.5 Å². The van der Waals surface area contributed by atoms with Gasteiger partial charge < -0.3 is 14.6 Å². The average Bonchev–Trinajstić information content (AvgIpc) is 3.07. The summed E-state index contributed by atoms with van der Waals surface area (Å²) in [4.78, 5) is 25.2. The second-order valence-electron chi connectivity index (χ2n) is 12.2. The number of halogens is 3. The van der Waals surface area contributed by atoms with E-state index in [9.17, 15) is 23.6 Å². The normalized spacial score (nSPS) is 16.1. The van der Waals surface area contributed by atoms with Crippen LogP contribution < -0.4 is 9.47 Å². The number of hydrogen-bond donors (Lipinski definition) is 1. The highest BCUT2D eigenvalue weighted by Gasteiger charge is 2.44. The first kappa shape index (κ1) is 36.5. The number of rotatable bonds is 14. The average molecular weight is 710 g/mol. The van der Waals surface area contributed by atoms with Crippen LogP contribution in [0.3, 0.4) is 0 Å². The Morgan fingerprint density at radius 2 is 1.43 bits per heavy atom. The summed E-state index contributed by atoms with van der Waals surface area (Å²) >= 11 is 3.18. The maximum Gasteiger partial charge on any atom is 0.235 e. The smallest absolute Gasteiger partial charge is 0.235 e. The lowest BCUT2D eigenvalue weighted by Gasteiger charge is -2.40. The van der Waals surface area contributed by atoms with Gasteiger partial charge in [-0.25, -0.2) is 13.2 Å². The van der Waals surface area contributed by atoms with Crippen LogP contribution in [0.15, 0.2) is 90.1 Å². The van der Waals surface area contributed by atoms with E-state index in [0.29, 0.717) is 34.4 Å². The van der Waals surface area contributed by atoms with Crippen molar-refractivity contribution in [2.24, 2.45) is 5.18 Å². The number of ketones is 1. The Hall–Kier alpha value is -3.80. The van der Waals surface area contributed by atoms with Crippen LogP contribution in [0.2, 0.25) is 0 Å². The monoisotopic (exact) mass is 709 g/mol. The van der Waals surface area contributed by atoms with Gasteiger partial charge in [0.25, 0.3) is 0 Å². The van der Waals surface area contributed by atoms with Gasteiger partial charge in [0.1, 0.15) is 33.3 Å². The van der Waals surface area contributed by atoms with Crippen LogP contribution in [0.5, 0.6) is 11.5 Å². The Bertz CT molecular complexity index is 1780. The van der Waals surface area contributed by atoms with Gasteiger partial charge in [-0.05, 0) is 127 Å². The quantitative estimate of drug-likeness (QED) is 0.103. The fraction of sp³-hybridized carbons (Fsp3) is 0.342. The van der Waals surface area contributed by atoms with Crippen molar-refractivity contribution in [2.45, 2.75) is 68.7 Å². The molecule has 0 radical (unpaired) electrons. The number of nitrogens with zero attached hydrogens (tertiary/aromatic N) is 1. The Labute approximate surface area is 292 Å². The van der Waals surface area contributed by atoms with E-state index in [-0.39, 0.29) is 29.4 Å². The molecular weight excluding hydrogens is 672 g/mol. The summed E-state index contributed by atoms with van der Waals surface area (Å²) in [6, 6.07) is 20.3. The zero-order valence-corrected chi connectivity index (χ0v) is 29.0. The van der Waals surface area contributed by atoms with E-state index in [0.717, 1.165) is 24.0 Å². The number of carbonyl (C=O) groups is 1. The fourth-order valence-corrected chi connectivity index (χ4v) is 9.22. The number of Topliss-reactive ketones (excluding diaryl/α,β-unsaturated/α-hetero) is 1. The molecule has 258 valence electrons. The summed E-state index contributed by atoms with van der Waals surface area (Å²) in [6.45, 7) is 5.06. The molecule has 0 bridgehead atoms. The van der Waals surface area contributed by atoms with Crippen molar-refractivity contribution in [3.05, 3.63) is 135 Å². The fourth-order valence-electron chi connectivity index (χ4n) is 5.87. The van der Waals surface area contributed by atoms with Gasteiger partial charge in [-0.15, -0.1) is 28.4 Å². The van der Waals surface area contributed by atoms with E-state index < -0.39 is 40.0 Å². The van der Waals surface area contributed by atoms with Gasteiger partial charge in [-0.3, -0.25) is 4.79 Å². The number of aliphatic hydroxyl groups excluding tert-OH is 1. The molecular formula is C38H38F3NO5S2. The van der Waals surface area contributed by atoms with Crippen molar-refractivity contribution in [2.75, 3.05) is 11.5 Å². The number of aryl methyl sites for hydroxylation is 2. The maximum absolute atomic E-state index is 15.3. The van der Waals surface area contributed by atoms with Crippen LogP contribution in [-0.4, -0.2) is 34.9 Å². The topological polar surface area (TPSA) is 85.2 Å². The molecule has 1 N–H and O–H groups in total. The molecule has 4 aromatic rings. The minimum Gasteiger partial charge on any atom is -0.491 e. The zero-order valence-electron chi connectivity index (χ0n) is 27.4. The molecule has 1 fully saturated rings. The van der Waals surface area contributed by atoms with Gasteiger partial charge in [-0.2, -0.15) is 0 Å². The van der Waals surface area contributed by atoms with Gasteiger partial charge >= 0.3 is 0 Å². The Kier molecular flexibility index (Phi) is 12.1. The molecule has 1 aliphatic rings. The molecule has 0 spiro atoms. The Morgan fingerprint density at radius 3 is 2.06 bits per heavy atom. The second-order valence-corrected chi connectivity index (χ2v) is 15.1. The van der Waals surface area contributed by atoms with E-state index in [2.05, 4.69) is 5.18 Å². The van der Waals surface area contributed by atoms with Crippen molar-refractivity contribution in [1.82, 2.24) is 0 Å². The number of benzene rings is 4. The number of ether oxygens (including phenoxy) is 2. The zero-order chi connectivity index (χ0) is 35.1. The van der Waals surface area contributed by atoms with E-state index in [1.54, 1.807) is 23.5 Å². The highest BCUT2D eigenvalue weighted by atomic mass is 32.2. The number of carbonyl (C=O) groups excluding carboxylic acids is 1. The van der Waals surface area contributed by atoms with Crippen molar-refractivity contribution < 1.29 is 32.5 Å². The number of aliphatic hydroxyl groups is 1. The summed E-state index contributed by atoms with van der Waals surface area (Å²) in [5, 5.41) is 14.9. The minimum atomic E-state index is -1.61. The first-order valence-electron chi connectivity index (χ1n) is 16.1. The summed E-state index contributed by atoms with van der Waals surface area (Å²) in [6.07, 6.45) is -1.06. The molecule has 4 aromatic carbocycles. The molecule has 3 atom stereocenters. The molecule has 1 heterocycles. The molecule has 0 saturated carbocycles. The molecule has 0 amide bonds. The molecule has 3 unspecified atom stereocenters. The third-order valence-corrected chi connectivity index (χ3v) is 11.4. The lowest BCUT2D eigenvalue weighted by atomic mass is 9.94. The Morgan fingerprint density at radius 1 is 0.837 bits per heavy atom. The summed E-state index contributed by atoms with van der Waals surface area (Å²) in [5.74, 6) is 0.503. The predicted molar refractivity (Wildman–Crippen MR) is 189 cm³/mol. The molecule has 1 saturated heterocycles. The third kappa shape index (κ3) is 9.06. The van der Waals surface area contributed by atoms with E-state index in [4.69, 9.17) is 9.47 Å².